The Bertz CT molecular complexity index is 315. The third-order valence-corrected chi connectivity index (χ3v) is 5.30. The van der Waals surface area contributed by atoms with Crippen molar-refractivity contribution in [3.05, 3.63) is 0 Å². The smallest absolute Gasteiger partial charge is 0.323 e. The minimum atomic E-state index is -0.965. The summed E-state index contributed by atoms with van der Waals surface area (Å²) in [5.74, 6) is -0.661. The lowest BCUT2D eigenvalue weighted by molar-refractivity contribution is -0.144. The van der Waals surface area contributed by atoms with Crippen LogP contribution in [0.25, 0.3) is 0 Å². The van der Waals surface area contributed by atoms with Gasteiger partial charge in [0.05, 0.1) is 0 Å². The van der Waals surface area contributed by atoms with Gasteiger partial charge in [0.2, 0.25) is 0 Å². The first-order chi connectivity index (χ1) is 9.04. The molecule has 0 heterocycles. The summed E-state index contributed by atoms with van der Waals surface area (Å²) < 4.78 is 0. The van der Waals surface area contributed by atoms with Crippen molar-refractivity contribution in [3.63, 3.8) is 0 Å². The maximum atomic E-state index is 11.3. The summed E-state index contributed by atoms with van der Waals surface area (Å²) in [7, 11) is 2.18. The molecule has 0 amide bonds. The van der Waals surface area contributed by atoms with Gasteiger partial charge < -0.3 is 15.7 Å². The van der Waals surface area contributed by atoms with Crippen LogP contribution in [-0.4, -0.2) is 41.1 Å². The summed E-state index contributed by atoms with van der Waals surface area (Å²) >= 11 is 0. The van der Waals surface area contributed by atoms with Crippen LogP contribution in [0.3, 0.4) is 0 Å². The van der Waals surface area contributed by atoms with Crippen molar-refractivity contribution < 1.29 is 9.90 Å². The molecular weight excluding hydrogens is 240 g/mol. The maximum Gasteiger partial charge on any atom is 0.323 e. The molecule has 2 rings (SSSR count). The highest BCUT2D eigenvalue weighted by atomic mass is 16.4. The van der Waals surface area contributed by atoms with E-state index in [-0.39, 0.29) is 5.92 Å². The molecule has 19 heavy (non-hydrogen) atoms. The summed E-state index contributed by atoms with van der Waals surface area (Å²) in [5, 5.41) is 9.32. The lowest BCUT2D eigenvalue weighted by Gasteiger charge is -2.33. The molecule has 2 atom stereocenters. The Balaban J connectivity index is 1.82. The molecule has 4 nitrogen and oxygen atoms in total. The highest BCUT2D eigenvalue weighted by Gasteiger charge is 2.45. The van der Waals surface area contributed by atoms with Gasteiger partial charge in [-0.15, -0.1) is 0 Å². The molecule has 0 aromatic carbocycles. The molecule has 110 valence electrons. The third kappa shape index (κ3) is 3.29. The van der Waals surface area contributed by atoms with E-state index in [0.29, 0.717) is 12.5 Å². The summed E-state index contributed by atoms with van der Waals surface area (Å²) in [6, 6.07) is 0.701. The van der Waals surface area contributed by atoms with Gasteiger partial charge >= 0.3 is 5.97 Å². The molecule has 0 aliphatic heterocycles. The second kappa shape index (κ2) is 6.23. The van der Waals surface area contributed by atoms with Crippen molar-refractivity contribution in [3.8, 4) is 0 Å². The van der Waals surface area contributed by atoms with Gasteiger partial charge in [-0.3, -0.25) is 4.79 Å². The van der Waals surface area contributed by atoms with Gasteiger partial charge in [0.25, 0.3) is 0 Å². The van der Waals surface area contributed by atoms with Gasteiger partial charge in [0.1, 0.15) is 5.54 Å². The van der Waals surface area contributed by atoms with Gasteiger partial charge in [0.15, 0.2) is 0 Å². The predicted octanol–water partition coefficient (Wildman–Crippen LogP) is 2.22. The summed E-state index contributed by atoms with van der Waals surface area (Å²) in [5.41, 5.74) is 5.13. The number of carbonyl (C=O) groups is 1. The first kappa shape index (κ1) is 14.8. The van der Waals surface area contributed by atoms with Crippen molar-refractivity contribution in [1.29, 1.82) is 0 Å². The molecule has 4 heteroatoms. The monoisotopic (exact) mass is 268 g/mol. The number of rotatable bonds is 5. The third-order valence-electron chi connectivity index (χ3n) is 5.30. The van der Waals surface area contributed by atoms with Crippen LogP contribution >= 0.6 is 0 Å². The topological polar surface area (TPSA) is 66.6 Å². The molecule has 2 unspecified atom stereocenters. The molecule has 0 saturated heterocycles. The largest absolute Gasteiger partial charge is 0.480 e. The minimum absolute atomic E-state index is 0.149. The van der Waals surface area contributed by atoms with Crippen molar-refractivity contribution in [2.45, 2.75) is 69.4 Å². The maximum absolute atomic E-state index is 11.3. The van der Waals surface area contributed by atoms with Gasteiger partial charge in [-0.1, -0.05) is 25.7 Å². The van der Waals surface area contributed by atoms with E-state index in [4.69, 9.17) is 5.73 Å². The van der Waals surface area contributed by atoms with E-state index in [0.717, 1.165) is 25.8 Å². The Labute approximate surface area is 116 Å². The molecule has 2 fully saturated rings. The number of hydrogen-bond donors (Lipinski definition) is 2. The second-order valence-electron chi connectivity index (χ2n) is 6.50. The van der Waals surface area contributed by atoms with Crippen LogP contribution in [0.4, 0.5) is 0 Å². The molecule has 0 bridgehead atoms. The number of carboxylic acids is 1. The Morgan fingerprint density at radius 3 is 2.58 bits per heavy atom. The van der Waals surface area contributed by atoms with E-state index < -0.39 is 11.5 Å². The Kier molecular flexibility index (Phi) is 4.85. The summed E-state index contributed by atoms with van der Waals surface area (Å²) in [4.78, 5) is 13.8. The lowest BCUT2D eigenvalue weighted by atomic mass is 9.85. The molecule has 0 radical (unpaired) electrons. The molecule has 2 aliphatic carbocycles. The van der Waals surface area contributed by atoms with E-state index in [1.54, 1.807) is 0 Å². The van der Waals surface area contributed by atoms with Crippen molar-refractivity contribution in [2.75, 3.05) is 13.6 Å². The van der Waals surface area contributed by atoms with Crippen LogP contribution in [0.15, 0.2) is 0 Å². The highest BCUT2D eigenvalue weighted by Crippen LogP contribution is 2.36. The van der Waals surface area contributed by atoms with Gasteiger partial charge in [0, 0.05) is 6.04 Å². The fourth-order valence-electron chi connectivity index (χ4n) is 3.85. The van der Waals surface area contributed by atoms with E-state index in [9.17, 15) is 9.90 Å². The average molecular weight is 268 g/mol. The van der Waals surface area contributed by atoms with Crippen LogP contribution in [0, 0.1) is 5.92 Å². The van der Waals surface area contributed by atoms with Crippen molar-refractivity contribution >= 4 is 5.97 Å². The van der Waals surface area contributed by atoms with Crippen molar-refractivity contribution in [1.82, 2.24) is 4.90 Å². The molecule has 2 saturated carbocycles. The normalized spacial score (nSPS) is 32.9. The van der Waals surface area contributed by atoms with Crippen LogP contribution in [0.2, 0.25) is 0 Å². The van der Waals surface area contributed by atoms with Crippen molar-refractivity contribution in [2.24, 2.45) is 11.7 Å². The zero-order chi connectivity index (χ0) is 13.9. The standard InChI is InChI=1S/C15H28N2O2/c1-17(13-7-3-2-4-8-13)11-9-12-6-5-10-15(12,16)14(18)19/h12-13H,2-11,16H2,1H3,(H,18,19). The number of nitrogens with zero attached hydrogens (tertiary/aromatic N) is 1. The zero-order valence-electron chi connectivity index (χ0n) is 12.1. The van der Waals surface area contributed by atoms with E-state index in [1.807, 2.05) is 0 Å². The Morgan fingerprint density at radius 2 is 1.95 bits per heavy atom. The molecule has 2 aliphatic rings. The molecule has 0 aromatic heterocycles. The van der Waals surface area contributed by atoms with E-state index in [2.05, 4.69) is 11.9 Å². The number of nitrogens with two attached hydrogens (primary N) is 1. The fraction of sp³-hybridized carbons (Fsp3) is 0.933. The number of aliphatic carboxylic acids is 1. The second-order valence-corrected chi connectivity index (χ2v) is 6.50. The van der Waals surface area contributed by atoms with Crippen LogP contribution in [-0.2, 0) is 4.79 Å². The molecule has 3 N–H and O–H groups in total. The first-order valence-electron chi connectivity index (χ1n) is 7.76. The zero-order valence-corrected chi connectivity index (χ0v) is 12.1. The SMILES string of the molecule is CN(CCC1CCCC1(N)C(=O)O)C1CCCCC1. The quantitative estimate of drug-likeness (QED) is 0.802. The molecule has 0 aromatic rings. The first-order valence-corrected chi connectivity index (χ1v) is 7.76. The molecule has 0 spiro atoms. The van der Waals surface area contributed by atoms with Crippen LogP contribution in [0.5, 0.6) is 0 Å². The molecular formula is C15H28N2O2. The predicted molar refractivity (Wildman–Crippen MR) is 76.0 cm³/mol. The van der Waals surface area contributed by atoms with Gasteiger partial charge in [-0.2, -0.15) is 0 Å². The van der Waals surface area contributed by atoms with Crippen LogP contribution in [0.1, 0.15) is 57.8 Å². The number of carboxylic acid groups (broad SMARTS) is 1. The average Bonchev–Trinajstić information content (AvgIpc) is 2.80. The fourth-order valence-corrected chi connectivity index (χ4v) is 3.85. The van der Waals surface area contributed by atoms with Gasteiger partial charge in [-0.25, -0.2) is 0 Å². The Hall–Kier alpha value is -0.610. The minimum Gasteiger partial charge on any atom is -0.480 e. The summed E-state index contributed by atoms with van der Waals surface area (Å²) in [6.45, 7) is 0.988. The summed E-state index contributed by atoms with van der Waals surface area (Å²) in [6.07, 6.45) is 10.2. The Morgan fingerprint density at radius 1 is 1.26 bits per heavy atom. The van der Waals surface area contributed by atoms with E-state index >= 15 is 0 Å². The van der Waals surface area contributed by atoms with Gasteiger partial charge in [-0.05, 0) is 51.6 Å². The lowest BCUT2D eigenvalue weighted by Crippen LogP contribution is -2.51. The van der Waals surface area contributed by atoms with Crippen LogP contribution < -0.4 is 5.73 Å². The van der Waals surface area contributed by atoms with E-state index in [1.165, 1.54) is 32.1 Å². The highest BCUT2D eigenvalue weighted by molar-refractivity contribution is 5.79. The number of hydrogen-bond acceptors (Lipinski definition) is 3.